The van der Waals surface area contributed by atoms with Gasteiger partial charge in [-0.3, -0.25) is 10.1 Å². The smallest absolute Gasteiger partial charge is 0.296 e. The molecular weight excluding hydrogens is 204 g/mol. The molecule has 0 saturated heterocycles. The highest BCUT2D eigenvalue weighted by Crippen LogP contribution is 2.32. The summed E-state index contributed by atoms with van der Waals surface area (Å²) >= 11 is 0. The average molecular weight is 214 g/mol. The molecule has 0 aliphatic carbocycles. The van der Waals surface area contributed by atoms with Crippen LogP contribution in [0.25, 0.3) is 0 Å². The molecule has 1 aromatic rings. The van der Waals surface area contributed by atoms with E-state index >= 15 is 0 Å². The molecular formula is C8H10N2O5. The Morgan fingerprint density at radius 1 is 1.47 bits per heavy atom. The zero-order valence-electron chi connectivity index (χ0n) is 7.62. The van der Waals surface area contributed by atoms with Crippen molar-refractivity contribution in [3.63, 3.8) is 0 Å². The summed E-state index contributed by atoms with van der Waals surface area (Å²) in [6.45, 7) is -0.307. The largest absolute Gasteiger partial charge is 0.506 e. The molecule has 0 heterocycles. The summed E-state index contributed by atoms with van der Waals surface area (Å²) in [5.41, 5.74) is -0.453. The third kappa shape index (κ3) is 2.79. The highest BCUT2D eigenvalue weighted by atomic mass is 16.6. The summed E-state index contributed by atoms with van der Waals surface area (Å²) in [5, 5.41) is 39.4. The Kier molecular flexibility index (Phi) is 3.42. The molecule has 0 spiro atoms. The standard InChI is InChI=1S/C8H10N2O5/c11-6-3-1-2-5(10(14)15)8(6)9-4-7(12)13/h1-3,7,9,11-13H,4H2. The van der Waals surface area contributed by atoms with E-state index < -0.39 is 11.2 Å². The predicted molar refractivity (Wildman–Crippen MR) is 51.5 cm³/mol. The van der Waals surface area contributed by atoms with Gasteiger partial charge < -0.3 is 20.6 Å². The number of nitrogens with zero attached hydrogens (tertiary/aromatic N) is 1. The number of nitrogens with one attached hydrogen (secondary N) is 1. The van der Waals surface area contributed by atoms with Gasteiger partial charge in [-0.1, -0.05) is 6.07 Å². The number of para-hydroxylation sites is 1. The molecule has 0 aliphatic heterocycles. The number of anilines is 1. The van der Waals surface area contributed by atoms with E-state index in [0.717, 1.165) is 0 Å². The van der Waals surface area contributed by atoms with Crippen molar-refractivity contribution in [1.29, 1.82) is 0 Å². The van der Waals surface area contributed by atoms with Gasteiger partial charge in [0.1, 0.15) is 5.75 Å². The van der Waals surface area contributed by atoms with E-state index in [2.05, 4.69) is 5.32 Å². The van der Waals surface area contributed by atoms with Gasteiger partial charge in [-0.05, 0) is 6.07 Å². The molecule has 0 amide bonds. The second kappa shape index (κ2) is 4.58. The van der Waals surface area contributed by atoms with Crippen molar-refractivity contribution in [2.45, 2.75) is 6.29 Å². The van der Waals surface area contributed by atoms with Crippen LogP contribution in [0.5, 0.6) is 5.75 Å². The van der Waals surface area contributed by atoms with E-state index in [-0.39, 0.29) is 23.7 Å². The fraction of sp³-hybridized carbons (Fsp3) is 0.250. The summed E-state index contributed by atoms with van der Waals surface area (Å²) in [7, 11) is 0. The summed E-state index contributed by atoms with van der Waals surface area (Å²) in [4.78, 5) is 9.87. The van der Waals surface area contributed by atoms with Crippen molar-refractivity contribution >= 4 is 11.4 Å². The number of hydrogen-bond acceptors (Lipinski definition) is 6. The van der Waals surface area contributed by atoms with Crippen LogP contribution in [-0.4, -0.2) is 33.1 Å². The van der Waals surface area contributed by atoms with Crippen LogP contribution in [0.2, 0.25) is 0 Å². The minimum atomic E-state index is -1.65. The van der Waals surface area contributed by atoms with Gasteiger partial charge in [0.25, 0.3) is 5.69 Å². The number of aliphatic hydroxyl groups is 2. The normalized spacial score (nSPS) is 10.3. The Hall–Kier alpha value is -1.86. The highest BCUT2D eigenvalue weighted by molar-refractivity contribution is 5.69. The van der Waals surface area contributed by atoms with Gasteiger partial charge in [0, 0.05) is 6.07 Å². The molecule has 0 atom stereocenters. The maximum absolute atomic E-state index is 10.5. The molecule has 0 unspecified atom stereocenters. The number of phenolic OH excluding ortho intramolecular Hbond substituents is 1. The fourth-order valence-electron chi connectivity index (χ4n) is 1.05. The SMILES string of the molecule is O=[N+]([O-])c1cccc(O)c1NCC(O)O. The van der Waals surface area contributed by atoms with Gasteiger partial charge in [0.05, 0.1) is 11.5 Å². The second-order valence-electron chi connectivity index (χ2n) is 2.79. The molecule has 0 saturated carbocycles. The summed E-state index contributed by atoms with van der Waals surface area (Å²) in [6, 6.07) is 3.79. The first-order chi connectivity index (χ1) is 7.02. The van der Waals surface area contributed by atoms with Crippen LogP contribution in [0.4, 0.5) is 11.4 Å². The van der Waals surface area contributed by atoms with Crippen LogP contribution in [0, 0.1) is 10.1 Å². The Morgan fingerprint density at radius 3 is 2.67 bits per heavy atom. The summed E-state index contributed by atoms with van der Waals surface area (Å²) in [5.74, 6) is -0.315. The molecule has 0 aromatic heterocycles. The maximum atomic E-state index is 10.5. The number of aliphatic hydroxyl groups excluding tert-OH is 1. The zero-order valence-corrected chi connectivity index (χ0v) is 7.62. The molecule has 1 rings (SSSR count). The van der Waals surface area contributed by atoms with Gasteiger partial charge >= 0.3 is 0 Å². The zero-order chi connectivity index (χ0) is 11.4. The second-order valence-corrected chi connectivity index (χ2v) is 2.79. The fourth-order valence-corrected chi connectivity index (χ4v) is 1.05. The van der Waals surface area contributed by atoms with Crippen LogP contribution in [0.3, 0.4) is 0 Å². The average Bonchev–Trinajstić information content (AvgIpc) is 2.15. The van der Waals surface area contributed by atoms with E-state index in [1.807, 2.05) is 0 Å². The lowest BCUT2D eigenvalue weighted by molar-refractivity contribution is -0.384. The molecule has 7 nitrogen and oxygen atoms in total. The van der Waals surface area contributed by atoms with Crippen LogP contribution >= 0.6 is 0 Å². The molecule has 0 radical (unpaired) electrons. The lowest BCUT2D eigenvalue weighted by Gasteiger charge is -2.09. The van der Waals surface area contributed by atoms with E-state index in [9.17, 15) is 15.2 Å². The molecule has 82 valence electrons. The Labute approximate surface area is 84.7 Å². The number of hydrogen-bond donors (Lipinski definition) is 4. The molecule has 1 aromatic carbocycles. The minimum Gasteiger partial charge on any atom is -0.506 e. The molecule has 0 bridgehead atoms. The van der Waals surface area contributed by atoms with Crippen molar-refractivity contribution in [2.75, 3.05) is 11.9 Å². The van der Waals surface area contributed by atoms with Crippen molar-refractivity contribution in [1.82, 2.24) is 0 Å². The van der Waals surface area contributed by atoms with E-state index in [1.54, 1.807) is 0 Å². The van der Waals surface area contributed by atoms with E-state index in [1.165, 1.54) is 18.2 Å². The van der Waals surface area contributed by atoms with Gasteiger partial charge in [0.15, 0.2) is 12.0 Å². The van der Waals surface area contributed by atoms with Gasteiger partial charge in [-0.25, -0.2) is 0 Å². The quantitative estimate of drug-likeness (QED) is 0.243. The van der Waals surface area contributed by atoms with Gasteiger partial charge in [-0.2, -0.15) is 0 Å². The van der Waals surface area contributed by atoms with Crippen molar-refractivity contribution in [3.05, 3.63) is 28.3 Å². The predicted octanol–water partition coefficient (Wildman–Crippen LogP) is 0.0230. The molecule has 0 fully saturated rings. The Bertz CT molecular complexity index is 366. The van der Waals surface area contributed by atoms with Crippen molar-refractivity contribution in [2.24, 2.45) is 0 Å². The molecule has 7 heteroatoms. The monoisotopic (exact) mass is 214 g/mol. The molecule has 15 heavy (non-hydrogen) atoms. The lowest BCUT2D eigenvalue weighted by atomic mass is 10.2. The van der Waals surface area contributed by atoms with Crippen molar-refractivity contribution < 1.29 is 20.2 Å². The maximum Gasteiger partial charge on any atom is 0.296 e. The van der Waals surface area contributed by atoms with Gasteiger partial charge in [0.2, 0.25) is 0 Å². The van der Waals surface area contributed by atoms with Crippen LogP contribution in [-0.2, 0) is 0 Å². The lowest BCUT2D eigenvalue weighted by Crippen LogP contribution is -2.18. The summed E-state index contributed by atoms with van der Waals surface area (Å²) in [6.07, 6.45) is -1.65. The van der Waals surface area contributed by atoms with E-state index in [0.29, 0.717) is 0 Å². The third-order valence-electron chi connectivity index (χ3n) is 1.68. The van der Waals surface area contributed by atoms with Crippen LogP contribution in [0.1, 0.15) is 0 Å². The minimum absolute atomic E-state index is 0.129. The number of benzene rings is 1. The first kappa shape index (κ1) is 11.2. The summed E-state index contributed by atoms with van der Waals surface area (Å²) < 4.78 is 0. The number of aromatic hydroxyl groups is 1. The first-order valence-electron chi connectivity index (χ1n) is 4.08. The van der Waals surface area contributed by atoms with Crippen LogP contribution < -0.4 is 5.32 Å². The third-order valence-corrected chi connectivity index (χ3v) is 1.68. The molecule has 4 N–H and O–H groups in total. The van der Waals surface area contributed by atoms with Gasteiger partial charge in [-0.15, -0.1) is 0 Å². The van der Waals surface area contributed by atoms with E-state index in [4.69, 9.17) is 10.2 Å². The first-order valence-corrected chi connectivity index (χ1v) is 4.08. The number of nitro groups is 1. The van der Waals surface area contributed by atoms with Crippen LogP contribution in [0.15, 0.2) is 18.2 Å². The number of nitro benzene ring substituents is 1. The van der Waals surface area contributed by atoms with Crippen molar-refractivity contribution in [3.8, 4) is 5.75 Å². The Morgan fingerprint density at radius 2 is 2.13 bits per heavy atom. The number of phenols is 1. The highest BCUT2D eigenvalue weighted by Gasteiger charge is 2.17. The topological polar surface area (TPSA) is 116 Å². The Balaban J connectivity index is 2.97. The molecule has 0 aliphatic rings. The number of rotatable bonds is 4.